The molecule has 0 spiro atoms. The van der Waals surface area contributed by atoms with Crippen LogP contribution in [0.2, 0.25) is 10.0 Å². The largest absolute Gasteiger partial charge is 0.496 e. The lowest BCUT2D eigenvalue weighted by Crippen LogP contribution is -2.08. The van der Waals surface area contributed by atoms with Crippen LogP contribution in [0.5, 0.6) is 5.75 Å². The van der Waals surface area contributed by atoms with Crippen molar-refractivity contribution in [3.05, 3.63) is 57.6 Å². The van der Waals surface area contributed by atoms with Gasteiger partial charge in [0.05, 0.1) is 23.2 Å². The van der Waals surface area contributed by atoms with Crippen LogP contribution >= 0.6 is 23.2 Å². The number of anilines is 1. The lowest BCUT2D eigenvalue weighted by Gasteiger charge is -2.19. The SMILES string of the molecule is COc1cc(C)ccc1C(C)Nc1ccc(Cl)c(Cl)c1. The molecule has 0 aliphatic heterocycles. The Morgan fingerprint density at radius 2 is 1.80 bits per heavy atom. The standard InChI is InChI=1S/C16H17Cl2NO/c1-10-4-6-13(16(8-10)20-3)11(2)19-12-5-7-14(17)15(18)9-12/h4-9,11,19H,1-3H3. The van der Waals surface area contributed by atoms with Gasteiger partial charge < -0.3 is 10.1 Å². The minimum atomic E-state index is 0.0998. The second-order valence-corrected chi connectivity index (χ2v) is 5.55. The monoisotopic (exact) mass is 309 g/mol. The Kier molecular flexibility index (Phi) is 4.79. The first-order valence-corrected chi connectivity index (χ1v) is 7.13. The van der Waals surface area contributed by atoms with Crippen molar-refractivity contribution in [2.75, 3.05) is 12.4 Å². The van der Waals surface area contributed by atoms with E-state index >= 15 is 0 Å². The highest BCUT2D eigenvalue weighted by atomic mass is 35.5. The predicted molar refractivity (Wildman–Crippen MR) is 86.2 cm³/mol. The van der Waals surface area contributed by atoms with Crippen LogP contribution in [0.1, 0.15) is 24.1 Å². The molecule has 0 saturated carbocycles. The van der Waals surface area contributed by atoms with Crippen LogP contribution in [0.4, 0.5) is 5.69 Å². The van der Waals surface area contributed by atoms with Crippen LogP contribution in [-0.2, 0) is 0 Å². The second kappa shape index (κ2) is 6.38. The van der Waals surface area contributed by atoms with Crippen LogP contribution in [0, 0.1) is 6.92 Å². The number of benzene rings is 2. The Morgan fingerprint density at radius 1 is 1.05 bits per heavy atom. The van der Waals surface area contributed by atoms with Crippen molar-refractivity contribution in [1.29, 1.82) is 0 Å². The van der Waals surface area contributed by atoms with Gasteiger partial charge in [0.1, 0.15) is 5.75 Å². The summed E-state index contributed by atoms with van der Waals surface area (Å²) in [6, 6.07) is 11.8. The van der Waals surface area contributed by atoms with Crippen molar-refractivity contribution in [1.82, 2.24) is 0 Å². The lowest BCUT2D eigenvalue weighted by molar-refractivity contribution is 0.407. The fraction of sp³-hybridized carbons (Fsp3) is 0.250. The van der Waals surface area contributed by atoms with E-state index in [1.165, 1.54) is 5.56 Å². The first kappa shape index (κ1) is 15.0. The molecule has 4 heteroatoms. The number of aryl methyl sites for hydroxylation is 1. The Labute approximate surface area is 129 Å². The van der Waals surface area contributed by atoms with Crippen molar-refractivity contribution in [3.63, 3.8) is 0 Å². The molecule has 2 nitrogen and oxygen atoms in total. The first-order chi connectivity index (χ1) is 9.51. The maximum Gasteiger partial charge on any atom is 0.124 e. The minimum absolute atomic E-state index is 0.0998. The zero-order valence-electron chi connectivity index (χ0n) is 11.7. The Morgan fingerprint density at radius 3 is 2.45 bits per heavy atom. The fourth-order valence-corrected chi connectivity index (χ4v) is 2.39. The number of methoxy groups -OCH3 is 1. The van der Waals surface area contributed by atoms with E-state index in [4.69, 9.17) is 27.9 Å². The van der Waals surface area contributed by atoms with Gasteiger partial charge in [-0.25, -0.2) is 0 Å². The minimum Gasteiger partial charge on any atom is -0.496 e. The van der Waals surface area contributed by atoms with Crippen molar-refractivity contribution in [3.8, 4) is 5.75 Å². The van der Waals surface area contributed by atoms with E-state index < -0.39 is 0 Å². The van der Waals surface area contributed by atoms with Gasteiger partial charge in [-0.2, -0.15) is 0 Å². The van der Waals surface area contributed by atoms with Crippen LogP contribution < -0.4 is 10.1 Å². The topological polar surface area (TPSA) is 21.3 Å². The van der Waals surface area contributed by atoms with Gasteiger partial charge in [0.15, 0.2) is 0 Å². The lowest BCUT2D eigenvalue weighted by atomic mass is 10.0. The van der Waals surface area contributed by atoms with Gasteiger partial charge in [-0.1, -0.05) is 35.3 Å². The molecule has 0 aromatic heterocycles. The molecule has 106 valence electrons. The molecule has 2 aromatic rings. The highest BCUT2D eigenvalue weighted by molar-refractivity contribution is 6.42. The Hall–Kier alpha value is -1.38. The third-order valence-corrected chi connectivity index (χ3v) is 3.90. The summed E-state index contributed by atoms with van der Waals surface area (Å²) >= 11 is 11.9. The number of hydrogen-bond donors (Lipinski definition) is 1. The van der Waals surface area contributed by atoms with Gasteiger partial charge in [-0.3, -0.25) is 0 Å². The molecule has 0 amide bonds. The average Bonchev–Trinajstić information content (AvgIpc) is 2.42. The Balaban J connectivity index is 2.23. The van der Waals surface area contributed by atoms with Crippen LogP contribution in [0.25, 0.3) is 0 Å². The summed E-state index contributed by atoms with van der Waals surface area (Å²) in [4.78, 5) is 0. The summed E-state index contributed by atoms with van der Waals surface area (Å²) in [5, 5.41) is 4.49. The van der Waals surface area contributed by atoms with E-state index in [0.717, 1.165) is 17.0 Å². The molecular formula is C16H17Cl2NO. The van der Waals surface area contributed by atoms with Gasteiger partial charge in [0, 0.05) is 11.3 Å². The molecule has 2 aromatic carbocycles. The van der Waals surface area contributed by atoms with E-state index in [1.807, 2.05) is 25.1 Å². The summed E-state index contributed by atoms with van der Waals surface area (Å²) in [5.41, 5.74) is 3.20. The molecule has 0 saturated heterocycles. The van der Waals surface area contributed by atoms with Gasteiger partial charge in [-0.05, 0) is 43.7 Å². The van der Waals surface area contributed by atoms with Gasteiger partial charge in [-0.15, -0.1) is 0 Å². The van der Waals surface area contributed by atoms with Gasteiger partial charge in [0.25, 0.3) is 0 Å². The van der Waals surface area contributed by atoms with Crippen LogP contribution in [0.15, 0.2) is 36.4 Å². The third-order valence-electron chi connectivity index (χ3n) is 3.16. The van der Waals surface area contributed by atoms with Crippen molar-refractivity contribution >= 4 is 28.9 Å². The molecular weight excluding hydrogens is 293 g/mol. The van der Waals surface area contributed by atoms with Crippen LogP contribution in [-0.4, -0.2) is 7.11 Å². The first-order valence-electron chi connectivity index (χ1n) is 6.37. The highest BCUT2D eigenvalue weighted by Crippen LogP contribution is 2.31. The van der Waals surface area contributed by atoms with Crippen molar-refractivity contribution in [2.24, 2.45) is 0 Å². The zero-order valence-corrected chi connectivity index (χ0v) is 13.2. The third kappa shape index (κ3) is 3.38. The molecule has 0 bridgehead atoms. The summed E-state index contributed by atoms with van der Waals surface area (Å²) in [6.07, 6.45) is 0. The van der Waals surface area contributed by atoms with E-state index in [2.05, 4.69) is 24.4 Å². The molecule has 0 heterocycles. The Bertz CT molecular complexity index is 613. The zero-order chi connectivity index (χ0) is 14.7. The highest BCUT2D eigenvalue weighted by Gasteiger charge is 2.12. The fourth-order valence-electron chi connectivity index (χ4n) is 2.09. The van der Waals surface area contributed by atoms with E-state index in [0.29, 0.717) is 10.0 Å². The van der Waals surface area contributed by atoms with E-state index in [-0.39, 0.29) is 6.04 Å². The number of rotatable bonds is 4. The van der Waals surface area contributed by atoms with Gasteiger partial charge in [0.2, 0.25) is 0 Å². The number of nitrogens with one attached hydrogen (secondary N) is 1. The summed E-state index contributed by atoms with van der Waals surface area (Å²) in [5.74, 6) is 0.880. The number of hydrogen-bond acceptors (Lipinski definition) is 2. The number of halogens is 2. The predicted octanol–water partition coefficient (Wildman–Crippen LogP) is 5.48. The van der Waals surface area contributed by atoms with E-state index in [9.17, 15) is 0 Å². The molecule has 0 radical (unpaired) electrons. The maximum atomic E-state index is 6.03. The smallest absolute Gasteiger partial charge is 0.124 e. The molecule has 1 atom stereocenters. The molecule has 0 fully saturated rings. The quantitative estimate of drug-likeness (QED) is 0.807. The number of ether oxygens (including phenoxy) is 1. The normalized spacial score (nSPS) is 12.1. The summed E-state index contributed by atoms with van der Waals surface area (Å²) < 4.78 is 5.44. The van der Waals surface area contributed by atoms with Gasteiger partial charge >= 0.3 is 0 Å². The summed E-state index contributed by atoms with van der Waals surface area (Å²) in [6.45, 7) is 4.12. The molecule has 1 unspecified atom stereocenters. The summed E-state index contributed by atoms with van der Waals surface area (Å²) in [7, 11) is 1.68. The average molecular weight is 310 g/mol. The maximum absolute atomic E-state index is 6.03. The molecule has 2 rings (SSSR count). The van der Waals surface area contributed by atoms with Crippen molar-refractivity contribution < 1.29 is 4.74 Å². The molecule has 1 N–H and O–H groups in total. The molecule has 0 aliphatic carbocycles. The van der Waals surface area contributed by atoms with Crippen LogP contribution in [0.3, 0.4) is 0 Å². The van der Waals surface area contributed by atoms with E-state index in [1.54, 1.807) is 13.2 Å². The van der Waals surface area contributed by atoms with Crippen molar-refractivity contribution in [2.45, 2.75) is 19.9 Å². The second-order valence-electron chi connectivity index (χ2n) is 4.74. The molecule has 0 aliphatic rings. The molecule has 20 heavy (non-hydrogen) atoms.